The van der Waals surface area contributed by atoms with Gasteiger partial charge in [0.1, 0.15) is 6.54 Å². The maximum atomic E-state index is 11.3. The molecule has 0 spiro atoms. The van der Waals surface area contributed by atoms with Crippen LogP contribution in [-0.2, 0) is 9.59 Å². The normalized spacial score (nSPS) is 16.2. The van der Waals surface area contributed by atoms with Crippen LogP contribution in [0.3, 0.4) is 0 Å². The van der Waals surface area contributed by atoms with E-state index in [1.807, 2.05) is 6.08 Å². The topological polar surface area (TPSA) is 66.4 Å². The minimum Gasteiger partial charge on any atom is -0.480 e. The molecule has 0 saturated carbocycles. The van der Waals surface area contributed by atoms with E-state index in [4.69, 9.17) is 5.11 Å². The summed E-state index contributed by atoms with van der Waals surface area (Å²) in [6.07, 6.45) is 5.73. The van der Waals surface area contributed by atoms with Crippen molar-refractivity contribution in [3.05, 3.63) is 11.6 Å². The molecular weight excluding hydrogens is 170 g/mol. The number of aliphatic carboxylic acids is 1. The third-order valence-electron chi connectivity index (χ3n) is 1.98. The number of carboxylic acid groups (broad SMARTS) is 1. The fraction of sp³-hybridized carbons (Fsp3) is 0.556. The maximum absolute atomic E-state index is 11.3. The van der Waals surface area contributed by atoms with Gasteiger partial charge in [-0.15, -0.1) is 0 Å². The number of carbonyl (C=O) groups is 2. The van der Waals surface area contributed by atoms with Crippen molar-refractivity contribution < 1.29 is 14.7 Å². The van der Waals surface area contributed by atoms with Crippen LogP contribution in [0, 0.1) is 0 Å². The third-order valence-corrected chi connectivity index (χ3v) is 1.98. The van der Waals surface area contributed by atoms with Gasteiger partial charge in [-0.2, -0.15) is 0 Å². The van der Waals surface area contributed by atoms with Crippen molar-refractivity contribution in [1.29, 1.82) is 0 Å². The van der Waals surface area contributed by atoms with Gasteiger partial charge in [-0.1, -0.05) is 6.08 Å². The second-order valence-electron chi connectivity index (χ2n) is 3.05. The molecule has 0 aliphatic heterocycles. The van der Waals surface area contributed by atoms with E-state index in [0.29, 0.717) is 0 Å². The second-order valence-corrected chi connectivity index (χ2v) is 3.05. The molecule has 1 aliphatic rings. The van der Waals surface area contributed by atoms with E-state index in [-0.39, 0.29) is 12.5 Å². The molecule has 72 valence electrons. The van der Waals surface area contributed by atoms with Crippen LogP contribution in [0.2, 0.25) is 0 Å². The zero-order valence-corrected chi connectivity index (χ0v) is 7.38. The molecule has 0 unspecified atom stereocenters. The Kier molecular flexibility index (Phi) is 3.49. The summed E-state index contributed by atoms with van der Waals surface area (Å²) in [7, 11) is 0. The van der Waals surface area contributed by atoms with Crippen LogP contribution in [-0.4, -0.2) is 23.5 Å². The van der Waals surface area contributed by atoms with Gasteiger partial charge in [0.05, 0.1) is 0 Å². The molecule has 13 heavy (non-hydrogen) atoms. The Morgan fingerprint density at radius 2 is 2.23 bits per heavy atom. The van der Waals surface area contributed by atoms with Gasteiger partial charge in [-0.3, -0.25) is 9.59 Å². The number of nitrogens with one attached hydrogen (secondary N) is 1. The summed E-state index contributed by atoms with van der Waals surface area (Å²) in [4.78, 5) is 21.4. The summed E-state index contributed by atoms with van der Waals surface area (Å²) in [5.74, 6) is -1.24. The third kappa shape index (κ3) is 3.27. The summed E-state index contributed by atoms with van der Waals surface area (Å²) < 4.78 is 0. The molecule has 0 saturated heterocycles. The first-order valence-electron chi connectivity index (χ1n) is 4.39. The van der Waals surface area contributed by atoms with E-state index in [1.165, 1.54) is 0 Å². The molecular formula is C9H13NO3. The molecule has 0 bridgehead atoms. The predicted molar refractivity (Wildman–Crippen MR) is 47.2 cm³/mol. The lowest BCUT2D eigenvalue weighted by atomic mass is 9.99. The molecule has 0 aromatic rings. The van der Waals surface area contributed by atoms with Crippen LogP contribution in [0.4, 0.5) is 0 Å². The number of amides is 1. The molecule has 4 heteroatoms. The highest BCUT2D eigenvalue weighted by atomic mass is 16.4. The van der Waals surface area contributed by atoms with Gasteiger partial charge in [0.25, 0.3) is 0 Å². The standard InChI is InChI=1S/C9H13NO3/c11-8(12)6-10-9(13)7-4-2-1-3-5-7/h4H,1-3,5-6H2,(H,10,13)(H,11,12). The largest absolute Gasteiger partial charge is 0.480 e. The summed E-state index contributed by atoms with van der Waals surface area (Å²) in [6, 6.07) is 0. The highest BCUT2D eigenvalue weighted by molar-refractivity contribution is 5.95. The Hall–Kier alpha value is -1.32. The van der Waals surface area contributed by atoms with Gasteiger partial charge < -0.3 is 10.4 Å². The van der Waals surface area contributed by atoms with Crippen LogP contribution in [0.1, 0.15) is 25.7 Å². The van der Waals surface area contributed by atoms with Crippen LogP contribution in [0.15, 0.2) is 11.6 Å². The molecule has 1 aliphatic carbocycles. The van der Waals surface area contributed by atoms with E-state index in [1.54, 1.807) is 0 Å². The molecule has 4 nitrogen and oxygen atoms in total. The van der Waals surface area contributed by atoms with Crippen molar-refractivity contribution in [2.45, 2.75) is 25.7 Å². The zero-order valence-electron chi connectivity index (χ0n) is 7.38. The zero-order chi connectivity index (χ0) is 9.68. The predicted octanol–water partition coefficient (Wildman–Crippen LogP) is 0.688. The maximum Gasteiger partial charge on any atom is 0.322 e. The van der Waals surface area contributed by atoms with Gasteiger partial charge in [0.2, 0.25) is 5.91 Å². The van der Waals surface area contributed by atoms with Crippen molar-refractivity contribution in [2.24, 2.45) is 0 Å². The Morgan fingerprint density at radius 1 is 1.46 bits per heavy atom. The highest BCUT2D eigenvalue weighted by Crippen LogP contribution is 2.16. The lowest BCUT2D eigenvalue weighted by Gasteiger charge is -2.11. The number of carboxylic acids is 1. The van der Waals surface area contributed by atoms with Gasteiger partial charge in [0, 0.05) is 5.57 Å². The molecule has 0 radical (unpaired) electrons. The molecule has 0 aromatic heterocycles. The van der Waals surface area contributed by atoms with Crippen molar-refractivity contribution in [1.82, 2.24) is 5.32 Å². The quantitative estimate of drug-likeness (QED) is 0.676. The number of allylic oxidation sites excluding steroid dienone is 1. The van der Waals surface area contributed by atoms with Gasteiger partial charge in [0.15, 0.2) is 0 Å². The van der Waals surface area contributed by atoms with E-state index in [2.05, 4.69) is 5.32 Å². The van der Waals surface area contributed by atoms with Crippen LogP contribution >= 0.6 is 0 Å². The minimum atomic E-state index is -1.01. The first kappa shape index (κ1) is 9.77. The number of hydrogen-bond donors (Lipinski definition) is 2. The van der Waals surface area contributed by atoms with Crippen molar-refractivity contribution in [3.63, 3.8) is 0 Å². The van der Waals surface area contributed by atoms with Gasteiger partial charge in [-0.25, -0.2) is 0 Å². The average Bonchev–Trinajstić information content (AvgIpc) is 2.15. The number of rotatable bonds is 3. The second kappa shape index (κ2) is 4.64. The van der Waals surface area contributed by atoms with Crippen LogP contribution < -0.4 is 5.32 Å². The first-order chi connectivity index (χ1) is 6.20. The lowest BCUT2D eigenvalue weighted by Crippen LogP contribution is -2.30. The Bertz CT molecular complexity index is 245. The van der Waals surface area contributed by atoms with Crippen LogP contribution in [0.25, 0.3) is 0 Å². The van der Waals surface area contributed by atoms with E-state index >= 15 is 0 Å². The monoisotopic (exact) mass is 183 g/mol. The fourth-order valence-electron chi connectivity index (χ4n) is 1.31. The van der Waals surface area contributed by atoms with E-state index in [0.717, 1.165) is 31.3 Å². The molecule has 1 amide bonds. The van der Waals surface area contributed by atoms with Crippen LogP contribution in [0.5, 0.6) is 0 Å². The smallest absolute Gasteiger partial charge is 0.322 e. The summed E-state index contributed by atoms with van der Waals surface area (Å²) >= 11 is 0. The molecule has 2 N–H and O–H groups in total. The molecule has 0 fully saturated rings. The van der Waals surface area contributed by atoms with Gasteiger partial charge >= 0.3 is 5.97 Å². The molecule has 1 rings (SSSR count). The Balaban J connectivity index is 2.38. The number of carbonyl (C=O) groups excluding carboxylic acids is 1. The van der Waals surface area contributed by atoms with E-state index < -0.39 is 5.97 Å². The van der Waals surface area contributed by atoms with Crippen molar-refractivity contribution in [2.75, 3.05) is 6.54 Å². The van der Waals surface area contributed by atoms with E-state index in [9.17, 15) is 9.59 Å². The summed E-state index contributed by atoms with van der Waals surface area (Å²) in [5.41, 5.74) is 0.729. The molecule has 0 atom stereocenters. The summed E-state index contributed by atoms with van der Waals surface area (Å²) in [5, 5.41) is 10.7. The molecule has 0 aromatic carbocycles. The Labute approximate surface area is 76.6 Å². The number of hydrogen-bond acceptors (Lipinski definition) is 2. The highest BCUT2D eigenvalue weighted by Gasteiger charge is 2.12. The van der Waals surface area contributed by atoms with Gasteiger partial charge in [-0.05, 0) is 25.7 Å². The summed E-state index contributed by atoms with van der Waals surface area (Å²) in [6.45, 7) is -0.295. The first-order valence-corrected chi connectivity index (χ1v) is 4.39. The SMILES string of the molecule is O=C(O)CNC(=O)C1=CCCCC1. The lowest BCUT2D eigenvalue weighted by molar-refractivity contribution is -0.137. The molecule has 0 heterocycles. The minimum absolute atomic E-state index is 0.234. The fourth-order valence-corrected chi connectivity index (χ4v) is 1.31. The average molecular weight is 183 g/mol. The Morgan fingerprint density at radius 3 is 2.77 bits per heavy atom. The van der Waals surface area contributed by atoms with Crippen molar-refractivity contribution >= 4 is 11.9 Å². The van der Waals surface area contributed by atoms with Crippen molar-refractivity contribution in [3.8, 4) is 0 Å².